The van der Waals surface area contributed by atoms with Gasteiger partial charge in [-0.2, -0.15) is 4.31 Å². The first kappa shape index (κ1) is 27.3. The van der Waals surface area contributed by atoms with E-state index in [0.29, 0.717) is 23.2 Å². The van der Waals surface area contributed by atoms with Crippen molar-refractivity contribution in [1.29, 1.82) is 0 Å². The standard InChI is InChI=1S/C26H32FN3O5S/c1-9-16-15-29(23(31)34-25(2,3)4)22-19(16)12-18(14-28-22)17-10-11-20(27)21(13-17)30(36(8)33)24(32)35-26(5,6)7/h10-15H,9H2,1-8H3. The average Bonchev–Trinajstić information content (AvgIpc) is 3.10. The zero-order chi connectivity index (χ0) is 27.0. The predicted molar refractivity (Wildman–Crippen MR) is 139 cm³/mol. The number of pyridine rings is 1. The summed E-state index contributed by atoms with van der Waals surface area (Å²) in [5.74, 6) is -0.723. The summed E-state index contributed by atoms with van der Waals surface area (Å²) in [6, 6.07) is 6.02. The summed E-state index contributed by atoms with van der Waals surface area (Å²) >= 11 is 0. The van der Waals surface area contributed by atoms with E-state index < -0.39 is 40.2 Å². The van der Waals surface area contributed by atoms with Crippen LogP contribution >= 0.6 is 0 Å². The number of aryl methyl sites for hydroxylation is 1. The van der Waals surface area contributed by atoms with Crippen LogP contribution in [0.15, 0.2) is 36.7 Å². The van der Waals surface area contributed by atoms with Gasteiger partial charge >= 0.3 is 12.2 Å². The fourth-order valence-electron chi connectivity index (χ4n) is 3.56. The summed E-state index contributed by atoms with van der Waals surface area (Å²) in [6.45, 7) is 12.3. The van der Waals surface area contributed by atoms with Gasteiger partial charge in [-0.1, -0.05) is 13.0 Å². The van der Waals surface area contributed by atoms with Gasteiger partial charge in [0.25, 0.3) is 0 Å². The van der Waals surface area contributed by atoms with Crippen LogP contribution in [0.2, 0.25) is 0 Å². The van der Waals surface area contributed by atoms with E-state index in [1.54, 1.807) is 60.0 Å². The zero-order valence-corrected chi connectivity index (χ0v) is 22.7. The average molecular weight is 518 g/mol. The number of nitrogens with zero attached hydrogens (tertiary/aromatic N) is 3. The minimum absolute atomic E-state index is 0.176. The highest BCUT2D eigenvalue weighted by molar-refractivity contribution is 7.86. The van der Waals surface area contributed by atoms with Crippen molar-refractivity contribution in [1.82, 2.24) is 9.55 Å². The summed E-state index contributed by atoms with van der Waals surface area (Å²) in [6.07, 6.45) is 3.73. The molecule has 1 unspecified atom stereocenters. The first-order valence-electron chi connectivity index (χ1n) is 11.5. The summed E-state index contributed by atoms with van der Waals surface area (Å²) in [4.78, 5) is 29.9. The van der Waals surface area contributed by atoms with Crippen LogP contribution in [-0.4, -0.2) is 43.4 Å². The van der Waals surface area contributed by atoms with Gasteiger partial charge < -0.3 is 9.47 Å². The molecule has 0 fully saturated rings. The normalized spacial score (nSPS) is 12.9. The Hall–Kier alpha value is -3.27. The molecule has 0 N–H and O–H groups in total. The van der Waals surface area contributed by atoms with Crippen LogP contribution in [-0.2, 0) is 26.9 Å². The summed E-state index contributed by atoms with van der Waals surface area (Å²) in [7, 11) is -1.88. The topological polar surface area (TPSA) is 90.7 Å². The van der Waals surface area contributed by atoms with Crippen LogP contribution in [0, 0.1) is 5.82 Å². The Morgan fingerprint density at radius 1 is 1.06 bits per heavy atom. The van der Waals surface area contributed by atoms with E-state index in [2.05, 4.69) is 4.98 Å². The summed E-state index contributed by atoms with van der Waals surface area (Å²) in [5.41, 5.74) is 0.817. The molecule has 0 spiro atoms. The van der Waals surface area contributed by atoms with E-state index in [0.717, 1.165) is 15.3 Å². The van der Waals surface area contributed by atoms with Crippen molar-refractivity contribution in [3.05, 3.63) is 48.0 Å². The predicted octanol–water partition coefficient (Wildman–Crippen LogP) is 6.22. The lowest BCUT2D eigenvalue weighted by Crippen LogP contribution is -2.38. The number of carbonyl (C=O) groups excluding carboxylic acids is 2. The number of anilines is 1. The minimum Gasteiger partial charge on any atom is -0.443 e. The molecule has 0 saturated heterocycles. The van der Waals surface area contributed by atoms with Crippen molar-refractivity contribution in [2.24, 2.45) is 0 Å². The molecule has 0 radical (unpaired) electrons. The first-order valence-corrected chi connectivity index (χ1v) is 13.0. The molecule has 2 aromatic heterocycles. The number of aromatic nitrogens is 2. The zero-order valence-electron chi connectivity index (χ0n) is 21.8. The van der Waals surface area contributed by atoms with E-state index in [-0.39, 0.29) is 5.69 Å². The van der Waals surface area contributed by atoms with Crippen molar-refractivity contribution in [2.75, 3.05) is 10.6 Å². The Labute approximate surface area is 213 Å². The molecular weight excluding hydrogens is 485 g/mol. The number of benzene rings is 1. The lowest BCUT2D eigenvalue weighted by atomic mass is 10.0. The SMILES string of the molecule is CCc1cn(C(=O)OC(C)(C)C)c2ncc(-c3ccc(F)c(N(C(=O)OC(C)(C)C)S(C)=O)c3)cc12. The molecule has 1 amide bonds. The van der Waals surface area contributed by atoms with E-state index in [1.165, 1.54) is 23.0 Å². The minimum atomic E-state index is -1.88. The lowest BCUT2D eigenvalue weighted by molar-refractivity contribution is 0.0541. The largest absolute Gasteiger partial charge is 0.443 e. The van der Waals surface area contributed by atoms with Gasteiger partial charge in [0.15, 0.2) is 0 Å². The number of fused-ring (bicyclic) bond motifs is 1. The number of hydrogen-bond donors (Lipinski definition) is 0. The monoisotopic (exact) mass is 517 g/mol. The van der Waals surface area contributed by atoms with Crippen molar-refractivity contribution >= 4 is 39.9 Å². The third kappa shape index (κ3) is 6.10. The van der Waals surface area contributed by atoms with Gasteiger partial charge in [0, 0.05) is 29.6 Å². The van der Waals surface area contributed by atoms with E-state index in [1.807, 2.05) is 13.0 Å². The highest BCUT2D eigenvalue weighted by Crippen LogP contribution is 2.32. The number of hydrogen-bond acceptors (Lipinski definition) is 6. The van der Waals surface area contributed by atoms with Crippen LogP contribution in [0.3, 0.4) is 0 Å². The number of rotatable bonds is 4. The Bertz CT molecular complexity index is 1340. The second kappa shape index (κ2) is 10.0. The van der Waals surface area contributed by atoms with Crippen LogP contribution in [0.5, 0.6) is 0 Å². The molecule has 0 saturated carbocycles. The summed E-state index contributed by atoms with van der Waals surface area (Å²) < 4.78 is 40.2. The van der Waals surface area contributed by atoms with Gasteiger partial charge in [-0.05, 0) is 77.3 Å². The molecule has 0 aliphatic rings. The molecule has 1 atom stereocenters. The lowest BCUT2D eigenvalue weighted by Gasteiger charge is -2.26. The van der Waals surface area contributed by atoms with E-state index in [4.69, 9.17) is 9.47 Å². The molecule has 10 heteroatoms. The smallest absolute Gasteiger partial charge is 0.427 e. The van der Waals surface area contributed by atoms with Crippen molar-refractivity contribution in [2.45, 2.75) is 66.1 Å². The molecule has 3 rings (SSSR count). The van der Waals surface area contributed by atoms with Crippen molar-refractivity contribution in [3.8, 4) is 11.1 Å². The van der Waals surface area contributed by atoms with E-state index >= 15 is 0 Å². The Morgan fingerprint density at radius 3 is 2.25 bits per heavy atom. The van der Waals surface area contributed by atoms with Gasteiger partial charge in [0.2, 0.25) is 0 Å². The van der Waals surface area contributed by atoms with Gasteiger partial charge in [-0.25, -0.2) is 27.7 Å². The van der Waals surface area contributed by atoms with Gasteiger partial charge in [0.1, 0.15) is 33.7 Å². The van der Waals surface area contributed by atoms with Crippen LogP contribution in [0.25, 0.3) is 22.2 Å². The van der Waals surface area contributed by atoms with Crippen LogP contribution in [0.4, 0.5) is 19.7 Å². The molecule has 2 heterocycles. The Kier molecular flexibility index (Phi) is 7.59. The maximum atomic E-state index is 14.8. The second-order valence-corrected chi connectivity index (χ2v) is 11.5. The number of amides is 1. The van der Waals surface area contributed by atoms with Gasteiger partial charge in [-0.15, -0.1) is 0 Å². The molecule has 36 heavy (non-hydrogen) atoms. The fraction of sp³-hybridized carbons (Fsp3) is 0.423. The van der Waals surface area contributed by atoms with Gasteiger partial charge in [-0.3, -0.25) is 0 Å². The third-order valence-electron chi connectivity index (χ3n) is 5.01. The highest BCUT2D eigenvalue weighted by Gasteiger charge is 2.29. The number of ether oxygens (including phenoxy) is 2. The molecule has 0 aliphatic heterocycles. The quantitative estimate of drug-likeness (QED) is 0.408. The second-order valence-electron chi connectivity index (χ2n) is 10.3. The summed E-state index contributed by atoms with van der Waals surface area (Å²) in [5, 5.41) is 0.745. The molecule has 8 nitrogen and oxygen atoms in total. The molecule has 1 aromatic carbocycles. The van der Waals surface area contributed by atoms with E-state index in [9.17, 15) is 18.2 Å². The molecule has 3 aromatic rings. The van der Waals surface area contributed by atoms with Crippen molar-refractivity contribution in [3.63, 3.8) is 0 Å². The third-order valence-corrected chi connectivity index (χ3v) is 5.87. The molecule has 0 aliphatic carbocycles. The number of halogens is 1. The van der Waals surface area contributed by atoms with Crippen LogP contribution < -0.4 is 4.31 Å². The first-order chi connectivity index (χ1) is 16.6. The molecular formula is C26H32FN3O5S. The van der Waals surface area contributed by atoms with Crippen LogP contribution in [0.1, 0.15) is 54.0 Å². The maximum absolute atomic E-state index is 14.8. The Morgan fingerprint density at radius 2 is 1.69 bits per heavy atom. The fourth-order valence-corrected chi connectivity index (χ4v) is 4.22. The Balaban J connectivity index is 2.09. The van der Waals surface area contributed by atoms with Gasteiger partial charge in [0.05, 0.1) is 5.69 Å². The highest BCUT2D eigenvalue weighted by atomic mass is 32.2. The molecule has 194 valence electrons. The van der Waals surface area contributed by atoms with Crippen molar-refractivity contribution < 1.29 is 27.7 Å². The maximum Gasteiger partial charge on any atom is 0.427 e. The molecule has 0 bridgehead atoms. The number of carbonyl (C=O) groups is 2.